The average Bonchev–Trinajstić information content (AvgIpc) is 2.68. The van der Waals surface area contributed by atoms with Crippen LogP contribution < -0.4 is 10.6 Å². The summed E-state index contributed by atoms with van der Waals surface area (Å²) in [5.41, 5.74) is -1.11. The number of anilines is 1. The van der Waals surface area contributed by atoms with Crippen LogP contribution in [0.4, 0.5) is 18.9 Å². The third-order valence-corrected chi connectivity index (χ3v) is 5.26. The van der Waals surface area contributed by atoms with Crippen LogP contribution in [0.1, 0.15) is 18.4 Å². The number of hydrogen-bond acceptors (Lipinski definition) is 4. The number of likely N-dealkylation sites (N-methyl/N-ethyl adjacent to an activating group) is 1. The lowest BCUT2D eigenvalue weighted by molar-refractivity contribution is -0.137. The number of piperidine rings is 1. The van der Waals surface area contributed by atoms with Crippen molar-refractivity contribution in [2.45, 2.75) is 19.0 Å². The Kier molecular flexibility index (Phi) is 8.08. The van der Waals surface area contributed by atoms with Crippen LogP contribution in [0.15, 0.2) is 18.2 Å². The molecule has 1 saturated heterocycles. The van der Waals surface area contributed by atoms with Crippen molar-refractivity contribution < 1.29 is 27.6 Å². The van der Waals surface area contributed by atoms with Crippen molar-refractivity contribution in [1.29, 1.82) is 0 Å². The first kappa shape index (κ1) is 23.9. The predicted octanol–water partition coefficient (Wildman–Crippen LogP) is 2.21. The average molecular weight is 449 g/mol. The molecule has 1 heterocycles. The number of rotatable bonds is 6. The Morgan fingerprint density at radius 2 is 1.87 bits per heavy atom. The van der Waals surface area contributed by atoms with Crippen molar-refractivity contribution >= 4 is 35.0 Å². The summed E-state index contributed by atoms with van der Waals surface area (Å²) in [6, 6.07) is 3.06. The predicted molar refractivity (Wildman–Crippen MR) is 106 cm³/mol. The topological polar surface area (TPSA) is 81.8 Å². The standard InChI is InChI=1S/C19H24ClF3N4O3/c1-24-18(30)12-5-7-27(8-6-12)11-17(29)26(2)10-16(28)25-13-3-4-15(20)14(9-13)19(21,22)23/h3-4,9,12H,5-8,10-11H2,1-2H3,(H,24,30)(H,25,28). The molecule has 1 aliphatic heterocycles. The quantitative estimate of drug-likeness (QED) is 0.699. The Balaban J connectivity index is 1.84. The molecule has 1 aromatic rings. The van der Waals surface area contributed by atoms with Crippen LogP contribution in [0.25, 0.3) is 0 Å². The van der Waals surface area contributed by atoms with Gasteiger partial charge in [0.1, 0.15) is 0 Å². The molecule has 0 unspecified atom stereocenters. The molecule has 1 fully saturated rings. The SMILES string of the molecule is CNC(=O)C1CCN(CC(=O)N(C)CC(=O)Nc2ccc(Cl)c(C(F)(F)F)c2)CC1. The molecule has 1 aromatic carbocycles. The summed E-state index contributed by atoms with van der Waals surface area (Å²) in [5, 5.41) is 4.50. The molecule has 30 heavy (non-hydrogen) atoms. The third-order valence-electron chi connectivity index (χ3n) is 4.93. The lowest BCUT2D eigenvalue weighted by Crippen LogP contribution is -2.45. The van der Waals surface area contributed by atoms with E-state index in [1.165, 1.54) is 18.0 Å². The monoisotopic (exact) mass is 448 g/mol. The zero-order valence-corrected chi connectivity index (χ0v) is 17.4. The van der Waals surface area contributed by atoms with E-state index in [9.17, 15) is 27.6 Å². The van der Waals surface area contributed by atoms with E-state index >= 15 is 0 Å². The number of halogens is 4. The van der Waals surface area contributed by atoms with Crippen LogP contribution in [0, 0.1) is 5.92 Å². The summed E-state index contributed by atoms with van der Waals surface area (Å²) in [6.07, 6.45) is -3.35. The van der Waals surface area contributed by atoms with Gasteiger partial charge < -0.3 is 15.5 Å². The zero-order chi connectivity index (χ0) is 22.5. The van der Waals surface area contributed by atoms with E-state index in [0.29, 0.717) is 25.9 Å². The first-order valence-corrected chi connectivity index (χ1v) is 9.73. The summed E-state index contributed by atoms with van der Waals surface area (Å²) in [4.78, 5) is 39.3. The Morgan fingerprint density at radius 3 is 2.43 bits per heavy atom. The van der Waals surface area contributed by atoms with E-state index < -0.39 is 22.7 Å². The maximum absolute atomic E-state index is 12.9. The minimum Gasteiger partial charge on any atom is -0.359 e. The van der Waals surface area contributed by atoms with Gasteiger partial charge in [0, 0.05) is 25.7 Å². The Morgan fingerprint density at radius 1 is 1.23 bits per heavy atom. The van der Waals surface area contributed by atoms with Crippen molar-refractivity contribution in [3.05, 3.63) is 28.8 Å². The van der Waals surface area contributed by atoms with Crippen LogP contribution in [0.5, 0.6) is 0 Å². The maximum atomic E-state index is 12.9. The van der Waals surface area contributed by atoms with Crippen molar-refractivity contribution in [3.8, 4) is 0 Å². The Labute approximate surface area is 177 Å². The molecular formula is C19H24ClF3N4O3. The molecule has 0 radical (unpaired) electrons. The molecular weight excluding hydrogens is 425 g/mol. The van der Waals surface area contributed by atoms with E-state index in [4.69, 9.17) is 11.6 Å². The van der Waals surface area contributed by atoms with Gasteiger partial charge in [-0.05, 0) is 44.1 Å². The molecule has 2 N–H and O–H groups in total. The second-order valence-corrected chi connectivity index (χ2v) is 7.56. The van der Waals surface area contributed by atoms with Gasteiger partial charge in [0.25, 0.3) is 0 Å². The minimum absolute atomic E-state index is 0.00866. The van der Waals surface area contributed by atoms with Gasteiger partial charge in [0.2, 0.25) is 17.7 Å². The lowest BCUT2D eigenvalue weighted by Gasteiger charge is -2.31. The Hall–Kier alpha value is -2.33. The highest BCUT2D eigenvalue weighted by molar-refractivity contribution is 6.31. The summed E-state index contributed by atoms with van der Waals surface area (Å²) < 4.78 is 38.7. The Bertz CT molecular complexity index is 796. The van der Waals surface area contributed by atoms with Crippen LogP contribution in [0.3, 0.4) is 0 Å². The van der Waals surface area contributed by atoms with Crippen molar-refractivity contribution in [3.63, 3.8) is 0 Å². The summed E-state index contributed by atoms with van der Waals surface area (Å²) in [7, 11) is 3.04. The molecule has 0 aromatic heterocycles. The number of benzene rings is 1. The van der Waals surface area contributed by atoms with Gasteiger partial charge in [0.15, 0.2) is 0 Å². The smallest absolute Gasteiger partial charge is 0.359 e. The van der Waals surface area contributed by atoms with Gasteiger partial charge in [-0.15, -0.1) is 0 Å². The molecule has 0 bridgehead atoms. The van der Waals surface area contributed by atoms with Gasteiger partial charge in [-0.25, -0.2) is 0 Å². The molecule has 1 aliphatic rings. The van der Waals surface area contributed by atoms with Crippen molar-refractivity contribution in [1.82, 2.24) is 15.1 Å². The molecule has 3 amide bonds. The number of alkyl halides is 3. The largest absolute Gasteiger partial charge is 0.417 e. The van der Waals surface area contributed by atoms with Crippen LogP contribution in [0.2, 0.25) is 5.02 Å². The highest BCUT2D eigenvalue weighted by atomic mass is 35.5. The molecule has 0 saturated carbocycles. The number of likely N-dealkylation sites (tertiary alicyclic amines) is 1. The number of nitrogens with one attached hydrogen (secondary N) is 2. The number of nitrogens with zero attached hydrogens (tertiary/aromatic N) is 2. The van der Waals surface area contributed by atoms with E-state index in [-0.39, 0.29) is 36.5 Å². The number of carbonyl (C=O) groups is 3. The molecule has 166 valence electrons. The fourth-order valence-corrected chi connectivity index (χ4v) is 3.42. The van der Waals surface area contributed by atoms with Gasteiger partial charge in [0.05, 0.1) is 23.7 Å². The highest BCUT2D eigenvalue weighted by Crippen LogP contribution is 2.36. The van der Waals surface area contributed by atoms with Gasteiger partial charge in [-0.3, -0.25) is 19.3 Å². The summed E-state index contributed by atoms with van der Waals surface area (Å²) >= 11 is 5.56. The normalized spacial score (nSPS) is 15.5. The van der Waals surface area contributed by atoms with Crippen molar-refractivity contribution in [2.24, 2.45) is 5.92 Å². The number of amides is 3. The third kappa shape index (κ3) is 6.60. The second-order valence-electron chi connectivity index (χ2n) is 7.16. The number of carbonyl (C=O) groups excluding carboxylic acids is 3. The molecule has 2 rings (SSSR count). The van der Waals surface area contributed by atoms with Gasteiger partial charge in [-0.2, -0.15) is 13.2 Å². The van der Waals surface area contributed by atoms with Crippen LogP contribution in [-0.2, 0) is 20.6 Å². The first-order chi connectivity index (χ1) is 14.0. The first-order valence-electron chi connectivity index (χ1n) is 9.35. The summed E-state index contributed by atoms with van der Waals surface area (Å²) in [5.74, 6) is -0.994. The van der Waals surface area contributed by atoms with E-state index in [1.807, 2.05) is 4.90 Å². The molecule has 0 spiro atoms. The molecule has 11 heteroatoms. The lowest BCUT2D eigenvalue weighted by atomic mass is 9.96. The van der Waals surface area contributed by atoms with Crippen molar-refractivity contribution in [2.75, 3.05) is 45.6 Å². The number of hydrogen-bond donors (Lipinski definition) is 2. The zero-order valence-electron chi connectivity index (χ0n) is 16.7. The minimum atomic E-state index is -4.64. The summed E-state index contributed by atoms with van der Waals surface area (Å²) in [6.45, 7) is 0.977. The van der Waals surface area contributed by atoms with Gasteiger partial charge >= 0.3 is 6.18 Å². The van der Waals surface area contributed by atoms with Crippen LogP contribution >= 0.6 is 11.6 Å². The van der Waals surface area contributed by atoms with Gasteiger partial charge in [-0.1, -0.05) is 11.6 Å². The fraction of sp³-hybridized carbons (Fsp3) is 0.526. The molecule has 0 aliphatic carbocycles. The molecule has 0 atom stereocenters. The van der Waals surface area contributed by atoms with E-state index in [0.717, 1.165) is 12.1 Å². The maximum Gasteiger partial charge on any atom is 0.417 e. The fourth-order valence-electron chi connectivity index (χ4n) is 3.19. The van der Waals surface area contributed by atoms with Crippen LogP contribution in [-0.4, -0.2) is 67.8 Å². The second kappa shape index (κ2) is 10.1. The highest BCUT2D eigenvalue weighted by Gasteiger charge is 2.33. The molecule has 7 nitrogen and oxygen atoms in total. The van der Waals surface area contributed by atoms with E-state index in [1.54, 1.807) is 7.05 Å². The van der Waals surface area contributed by atoms with E-state index in [2.05, 4.69) is 10.6 Å².